The molecule has 2 aliphatic heterocycles. The van der Waals surface area contributed by atoms with Gasteiger partial charge in [-0.2, -0.15) is 4.99 Å². The average molecular weight is 333 g/mol. The molecule has 0 aliphatic carbocycles. The van der Waals surface area contributed by atoms with Crippen molar-refractivity contribution in [2.45, 2.75) is 18.2 Å². The van der Waals surface area contributed by atoms with Crippen LogP contribution in [0.15, 0.2) is 39.7 Å². The molecule has 4 rings (SSSR count). The average Bonchev–Trinajstić information content (AvgIpc) is 3.16. The molecule has 1 aromatic carbocycles. The molecular formula is C15H13ClN4OS. The zero-order chi connectivity index (χ0) is 15.1. The molecule has 0 fully saturated rings. The fourth-order valence-electron chi connectivity index (χ4n) is 2.71. The molecular weight excluding hydrogens is 320 g/mol. The lowest BCUT2D eigenvalue weighted by atomic mass is 10.2. The van der Waals surface area contributed by atoms with Gasteiger partial charge in [-0.05, 0) is 18.6 Å². The summed E-state index contributed by atoms with van der Waals surface area (Å²) in [4.78, 5) is 21.2. The number of allylic oxidation sites excluding steroid dienone is 1. The maximum absolute atomic E-state index is 12.3. The second-order valence-electron chi connectivity index (χ2n) is 5.16. The molecule has 0 radical (unpaired) electrons. The molecule has 0 bridgehead atoms. The largest absolute Gasteiger partial charge is 0.369 e. The standard InChI is InChI=1S/C15H13ClN4OS/c16-12-6-5-11(22-12)14(21)19-15-18-10-4-2-1-3-9(10)13-17-7-8-20(13)15/h1-4,6,11,17H,5,7-8H2. The summed E-state index contributed by atoms with van der Waals surface area (Å²) in [5.41, 5.74) is 1.30. The van der Waals surface area contributed by atoms with E-state index in [4.69, 9.17) is 11.6 Å². The van der Waals surface area contributed by atoms with Gasteiger partial charge < -0.3 is 5.32 Å². The number of anilines is 1. The fraction of sp³-hybridized carbons (Fsp3) is 0.267. The first kappa shape index (κ1) is 13.8. The van der Waals surface area contributed by atoms with Crippen LogP contribution in [0.3, 0.4) is 0 Å². The fourth-order valence-corrected chi connectivity index (χ4v) is 3.93. The predicted molar refractivity (Wildman–Crippen MR) is 88.7 cm³/mol. The normalized spacial score (nSPS) is 20.9. The number of nitrogens with one attached hydrogen (secondary N) is 1. The Morgan fingerprint density at radius 1 is 1.45 bits per heavy atom. The van der Waals surface area contributed by atoms with Crippen molar-refractivity contribution >= 4 is 46.0 Å². The Balaban J connectivity index is 1.82. The number of amides is 1. The van der Waals surface area contributed by atoms with E-state index < -0.39 is 0 Å². The predicted octanol–water partition coefficient (Wildman–Crippen LogP) is 2.47. The van der Waals surface area contributed by atoms with Gasteiger partial charge in [-0.15, -0.1) is 11.8 Å². The van der Waals surface area contributed by atoms with Crippen LogP contribution in [-0.4, -0.2) is 27.3 Å². The van der Waals surface area contributed by atoms with Crippen LogP contribution in [0.25, 0.3) is 10.9 Å². The molecule has 1 N–H and O–H groups in total. The third kappa shape index (κ3) is 2.32. The number of aromatic nitrogens is 2. The van der Waals surface area contributed by atoms with Gasteiger partial charge in [0.15, 0.2) is 0 Å². The van der Waals surface area contributed by atoms with Gasteiger partial charge in [0.2, 0.25) is 5.62 Å². The highest BCUT2D eigenvalue weighted by atomic mass is 35.5. The number of thioether (sulfide) groups is 1. The maximum atomic E-state index is 12.3. The van der Waals surface area contributed by atoms with Crippen molar-refractivity contribution in [3.05, 3.63) is 40.3 Å². The van der Waals surface area contributed by atoms with Crippen LogP contribution in [0.1, 0.15) is 6.42 Å². The van der Waals surface area contributed by atoms with E-state index in [-0.39, 0.29) is 11.2 Å². The Kier molecular flexibility index (Phi) is 3.43. The van der Waals surface area contributed by atoms with Gasteiger partial charge in [-0.25, -0.2) is 4.98 Å². The molecule has 1 amide bonds. The summed E-state index contributed by atoms with van der Waals surface area (Å²) in [5.74, 6) is 0.800. The summed E-state index contributed by atoms with van der Waals surface area (Å²) < 4.78 is 2.63. The number of benzene rings is 1. The summed E-state index contributed by atoms with van der Waals surface area (Å²) in [5, 5.41) is 4.17. The minimum absolute atomic E-state index is 0.179. The lowest BCUT2D eigenvalue weighted by Crippen LogP contribution is -2.26. The number of para-hydroxylation sites is 1. The van der Waals surface area contributed by atoms with Crippen LogP contribution in [-0.2, 0) is 11.3 Å². The molecule has 3 heterocycles. The van der Waals surface area contributed by atoms with Crippen LogP contribution in [0.4, 0.5) is 5.82 Å². The number of halogens is 1. The van der Waals surface area contributed by atoms with Gasteiger partial charge in [-0.1, -0.05) is 29.8 Å². The van der Waals surface area contributed by atoms with Crippen molar-refractivity contribution in [3.8, 4) is 0 Å². The van der Waals surface area contributed by atoms with Crippen LogP contribution in [0.5, 0.6) is 0 Å². The molecule has 2 aromatic rings. The lowest BCUT2D eigenvalue weighted by Gasteiger charge is -2.08. The van der Waals surface area contributed by atoms with Gasteiger partial charge in [-0.3, -0.25) is 9.36 Å². The smallest absolute Gasteiger partial charge is 0.262 e. The van der Waals surface area contributed by atoms with E-state index in [2.05, 4.69) is 15.3 Å². The zero-order valence-corrected chi connectivity index (χ0v) is 13.2. The Morgan fingerprint density at radius 2 is 2.32 bits per heavy atom. The van der Waals surface area contributed by atoms with Crippen molar-refractivity contribution in [2.75, 3.05) is 11.9 Å². The summed E-state index contributed by atoms with van der Waals surface area (Å²) in [6, 6.07) is 7.87. The first-order valence-electron chi connectivity index (χ1n) is 7.07. The van der Waals surface area contributed by atoms with E-state index in [1.54, 1.807) is 0 Å². The molecule has 1 atom stereocenters. The lowest BCUT2D eigenvalue weighted by molar-refractivity contribution is -0.117. The van der Waals surface area contributed by atoms with Crippen LogP contribution in [0.2, 0.25) is 0 Å². The molecule has 22 heavy (non-hydrogen) atoms. The number of carbonyl (C=O) groups is 1. The Morgan fingerprint density at radius 3 is 3.14 bits per heavy atom. The third-order valence-corrected chi connectivity index (χ3v) is 5.24. The monoisotopic (exact) mass is 332 g/mol. The Labute approximate surface area is 136 Å². The van der Waals surface area contributed by atoms with Crippen molar-refractivity contribution in [2.24, 2.45) is 4.99 Å². The molecule has 112 valence electrons. The van der Waals surface area contributed by atoms with Crippen molar-refractivity contribution in [3.63, 3.8) is 0 Å². The molecule has 5 nitrogen and oxygen atoms in total. The van der Waals surface area contributed by atoms with Gasteiger partial charge in [0.05, 0.1) is 15.1 Å². The van der Waals surface area contributed by atoms with Crippen LogP contribution >= 0.6 is 23.4 Å². The van der Waals surface area contributed by atoms with E-state index >= 15 is 0 Å². The van der Waals surface area contributed by atoms with E-state index in [9.17, 15) is 4.79 Å². The number of carbonyl (C=O) groups excluding carboxylic acids is 1. The molecule has 0 spiro atoms. The van der Waals surface area contributed by atoms with E-state index in [1.807, 2.05) is 34.9 Å². The van der Waals surface area contributed by atoms with Gasteiger partial charge in [0, 0.05) is 18.5 Å². The minimum Gasteiger partial charge on any atom is -0.369 e. The molecule has 1 unspecified atom stereocenters. The molecule has 0 saturated heterocycles. The van der Waals surface area contributed by atoms with Gasteiger partial charge in [0.25, 0.3) is 5.91 Å². The second-order valence-corrected chi connectivity index (χ2v) is 7.03. The van der Waals surface area contributed by atoms with E-state index in [0.29, 0.717) is 16.4 Å². The number of fused-ring (bicyclic) bond motifs is 3. The van der Waals surface area contributed by atoms with E-state index in [0.717, 1.165) is 29.8 Å². The summed E-state index contributed by atoms with van der Waals surface area (Å²) in [6.45, 7) is 1.58. The zero-order valence-electron chi connectivity index (χ0n) is 11.6. The minimum atomic E-state index is -0.230. The first-order chi connectivity index (χ1) is 10.7. The van der Waals surface area contributed by atoms with Crippen LogP contribution < -0.4 is 10.9 Å². The number of hydrogen-bond acceptors (Lipinski definition) is 4. The maximum Gasteiger partial charge on any atom is 0.262 e. The van der Waals surface area contributed by atoms with Gasteiger partial charge in [0.1, 0.15) is 5.82 Å². The summed E-state index contributed by atoms with van der Waals surface area (Å²) >= 11 is 7.29. The molecule has 0 saturated carbocycles. The van der Waals surface area contributed by atoms with Crippen LogP contribution in [0, 0.1) is 0 Å². The number of hydrogen-bond donors (Lipinski definition) is 1. The van der Waals surface area contributed by atoms with Gasteiger partial charge >= 0.3 is 0 Å². The second kappa shape index (κ2) is 5.44. The first-order valence-corrected chi connectivity index (χ1v) is 8.32. The summed E-state index contributed by atoms with van der Waals surface area (Å²) in [7, 11) is 0. The van der Waals surface area contributed by atoms with E-state index in [1.165, 1.54) is 11.8 Å². The molecule has 2 aliphatic rings. The highest BCUT2D eigenvalue weighted by Crippen LogP contribution is 2.35. The van der Waals surface area contributed by atoms with Crippen molar-refractivity contribution < 1.29 is 4.79 Å². The third-order valence-electron chi connectivity index (χ3n) is 3.75. The number of rotatable bonds is 1. The Hall–Kier alpha value is -1.79. The highest BCUT2D eigenvalue weighted by Gasteiger charge is 2.24. The number of nitrogens with zero attached hydrogens (tertiary/aromatic N) is 3. The Bertz CT molecular complexity index is 873. The van der Waals surface area contributed by atoms with Crippen molar-refractivity contribution in [1.82, 2.24) is 9.55 Å². The SMILES string of the molecule is O=C(N=c1nc2ccccc2c2n1CCN2)C1CC=C(Cl)S1. The molecule has 1 aromatic heterocycles. The summed E-state index contributed by atoms with van der Waals surface area (Å²) in [6.07, 6.45) is 2.49. The highest BCUT2D eigenvalue weighted by molar-refractivity contribution is 8.06. The molecule has 7 heteroatoms. The van der Waals surface area contributed by atoms with Crippen molar-refractivity contribution in [1.29, 1.82) is 0 Å². The quantitative estimate of drug-likeness (QED) is 0.871. The topological polar surface area (TPSA) is 59.3 Å².